The van der Waals surface area contributed by atoms with Crippen LogP contribution in [0.15, 0.2) is 0 Å². The molecule has 0 aromatic rings. The van der Waals surface area contributed by atoms with Crippen LogP contribution in [0, 0.1) is 11.8 Å². The van der Waals surface area contributed by atoms with Crippen molar-refractivity contribution in [1.82, 2.24) is 10.2 Å². The number of nitrogens with zero attached hydrogens (tertiary/aromatic N) is 1. The maximum Gasteiger partial charge on any atom is 0.239 e. The molecule has 2 aliphatic rings. The maximum atomic E-state index is 12.1. The van der Waals surface area contributed by atoms with Crippen molar-refractivity contribution in [2.75, 3.05) is 19.6 Å². The molecule has 0 spiro atoms. The van der Waals surface area contributed by atoms with Crippen LogP contribution < -0.4 is 5.32 Å². The van der Waals surface area contributed by atoms with E-state index in [1.165, 1.54) is 6.42 Å². The van der Waals surface area contributed by atoms with E-state index in [-0.39, 0.29) is 18.4 Å². The van der Waals surface area contributed by atoms with Gasteiger partial charge in [-0.05, 0) is 37.6 Å². The van der Waals surface area contributed by atoms with Crippen LogP contribution in [0.25, 0.3) is 0 Å². The normalized spacial score (nSPS) is 29.6. The molecule has 2 saturated heterocycles. The van der Waals surface area contributed by atoms with Crippen molar-refractivity contribution >= 4 is 18.3 Å². The standard InChI is InChI=1S/C12H22N2O.ClH/c1-9(2)10-5-7-14(8-10)12(15)11-4-3-6-13-11;/h9-11,13H,3-8H2,1-2H3;1H/t10?,11-;/m0./s1. The highest BCUT2D eigenvalue weighted by atomic mass is 35.5. The molecule has 2 heterocycles. The second-order valence-corrected chi connectivity index (χ2v) is 5.23. The lowest BCUT2D eigenvalue weighted by Gasteiger charge is -2.21. The number of hydrogen-bond acceptors (Lipinski definition) is 2. The number of halogens is 1. The van der Waals surface area contributed by atoms with Crippen molar-refractivity contribution in [2.24, 2.45) is 11.8 Å². The lowest BCUT2D eigenvalue weighted by Crippen LogP contribution is -2.42. The van der Waals surface area contributed by atoms with E-state index in [2.05, 4.69) is 24.1 Å². The van der Waals surface area contributed by atoms with Gasteiger partial charge in [-0.2, -0.15) is 0 Å². The zero-order valence-electron chi connectivity index (χ0n) is 10.2. The van der Waals surface area contributed by atoms with Crippen molar-refractivity contribution in [3.63, 3.8) is 0 Å². The van der Waals surface area contributed by atoms with E-state index < -0.39 is 0 Å². The SMILES string of the molecule is CC(C)C1CCN(C(=O)[C@@H]2CCCN2)C1.Cl. The van der Waals surface area contributed by atoms with Gasteiger partial charge in [0, 0.05) is 13.1 Å². The summed E-state index contributed by atoms with van der Waals surface area (Å²) in [5, 5.41) is 3.29. The third-order valence-corrected chi connectivity index (χ3v) is 3.84. The zero-order chi connectivity index (χ0) is 10.8. The first kappa shape index (κ1) is 13.8. The first-order valence-electron chi connectivity index (χ1n) is 6.20. The van der Waals surface area contributed by atoms with Gasteiger partial charge < -0.3 is 10.2 Å². The summed E-state index contributed by atoms with van der Waals surface area (Å²) < 4.78 is 0. The second-order valence-electron chi connectivity index (χ2n) is 5.23. The molecule has 2 aliphatic heterocycles. The number of carbonyl (C=O) groups is 1. The van der Waals surface area contributed by atoms with Gasteiger partial charge in [0.25, 0.3) is 0 Å². The number of nitrogens with one attached hydrogen (secondary N) is 1. The summed E-state index contributed by atoms with van der Waals surface area (Å²) in [5.74, 6) is 1.77. The van der Waals surface area contributed by atoms with Crippen molar-refractivity contribution in [3.8, 4) is 0 Å². The molecule has 2 fully saturated rings. The molecule has 0 aliphatic carbocycles. The van der Waals surface area contributed by atoms with Gasteiger partial charge in [-0.15, -0.1) is 12.4 Å². The summed E-state index contributed by atoms with van der Waals surface area (Å²) in [5.41, 5.74) is 0. The molecule has 1 N–H and O–H groups in total. The zero-order valence-corrected chi connectivity index (χ0v) is 11.1. The summed E-state index contributed by atoms with van der Waals surface area (Å²) in [7, 11) is 0. The Morgan fingerprint density at radius 2 is 2.12 bits per heavy atom. The molecule has 0 aromatic heterocycles. The van der Waals surface area contributed by atoms with Crippen LogP contribution >= 0.6 is 12.4 Å². The molecule has 1 unspecified atom stereocenters. The Bertz CT molecular complexity index is 239. The molecule has 2 rings (SSSR count). The molecule has 1 amide bonds. The van der Waals surface area contributed by atoms with E-state index in [1.54, 1.807) is 0 Å². The summed E-state index contributed by atoms with van der Waals surface area (Å²) >= 11 is 0. The van der Waals surface area contributed by atoms with Gasteiger partial charge in [-0.25, -0.2) is 0 Å². The van der Waals surface area contributed by atoms with E-state index in [4.69, 9.17) is 0 Å². The molecular weight excluding hydrogens is 224 g/mol. The molecule has 3 nitrogen and oxygen atoms in total. The number of likely N-dealkylation sites (tertiary alicyclic amines) is 1. The lowest BCUT2D eigenvalue weighted by atomic mass is 9.95. The third kappa shape index (κ3) is 2.89. The average molecular weight is 247 g/mol. The quantitative estimate of drug-likeness (QED) is 0.804. The number of hydrogen-bond donors (Lipinski definition) is 1. The molecule has 16 heavy (non-hydrogen) atoms. The van der Waals surface area contributed by atoms with Gasteiger partial charge >= 0.3 is 0 Å². The minimum Gasteiger partial charge on any atom is -0.341 e. The predicted molar refractivity (Wildman–Crippen MR) is 67.8 cm³/mol. The summed E-state index contributed by atoms with van der Waals surface area (Å²) in [6.45, 7) is 7.48. The predicted octanol–water partition coefficient (Wildman–Crippen LogP) is 1.66. The molecule has 0 aromatic carbocycles. The monoisotopic (exact) mass is 246 g/mol. The summed E-state index contributed by atoms with van der Waals surface area (Å²) in [6.07, 6.45) is 3.37. The Labute approximate surface area is 104 Å². The van der Waals surface area contributed by atoms with Crippen LogP contribution in [0.4, 0.5) is 0 Å². The van der Waals surface area contributed by atoms with E-state index in [0.29, 0.717) is 11.8 Å². The molecule has 0 saturated carbocycles. The van der Waals surface area contributed by atoms with Crippen LogP contribution in [0.5, 0.6) is 0 Å². The van der Waals surface area contributed by atoms with Crippen LogP contribution in [-0.2, 0) is 4.79 Å². The van der Waals surface area contributed by atoms with Gasteiger partial charge in [0.1, 0.15) is 0 Å². The molecule has 4 heteroatoms. The fraction of sp³-hybridized carbons (Fsp3) is 0.917. The highest BCUT2D eigenvalue weighted by molar-refractivity contribution is 5.85. The van der Waals surface area contributed by atoms with Crippen LogP contribution in [-0.4, -0.2) is 36.5 Å². The summed E-state index contributed by atoms with van der Waals surface area (Å²) in [6, 6.07) is 0.121. The van der Waals surface area contributed by atoms with Gasteiger partial charge in [-0.3, -0.25) is 4.79 Å². The Balaban J connectivity index is 0.00000128. The van der Waals surface area contributed by atoms with Gasteiger partial charge in [0.15, 0.2) is 0 Å². The number of rotatable bonds is 2. The van der Waals surface area contributed by atoms with E-state index >= 15 is 0 Å². The molecule has 0 bridgehead atoms. The first-order chi connectivity index (χ1) is 7.18. The van der Waals surface area contributed by atoms with E-state index in [9.17, 15) is 4.79 Å². The van der Waals surface area contributed by atoms with Gasteiger partial charge in [0.05, 0.1) is 6.04 Å². The number of amides is 1. The Hall–Kier alpha value is -0.280. The Kier molecular flexibility index (Phi) is 5.06. The third-order valence-electron chi connectivity index (χ3n) is 3.84. The summed E-state index contributed by atoms with van der Waals surface area (Å²) in [4.78, 5) is 14.1. The Morgan fingerprint density at radius 1 is 1.38 bits per heavy atom. The average Bonchev–Trinajstić information content (AvgIpc) is 2.88. The molecule has 0 radical (unpaired) electrons. The smallest absolute Gasteiger partial charge is 0.239 e. The largest absolute Gasteiger partial charge is 0.341 e. The van der Waals surface area contributed by atoms with E-state index in [1.807, 2.05) is 0 Å². The first-order valence-corrected chi connectivity index (χ1v) is 6.20. The maximum absolute atomic E-state index is 12.1. The highest BCUT2D eigenvalue weighted by Crippen LogP contribution is 2.24. The van der Waals surface area contributed by atoms with E-state index in [0.717, 1.165) is 38.4 Å². The fourth-order valence-electron chi connectivity index (χ4n) is 2.65. The fourth-order valence-corrected chi connectivity index (χ4v) is 2.65. The lowest BCUT2D eigenvalue weighted by molar-refractivity contribution is -0.132. The Morgan fingerprint density at radius 3 is 2.62 bits per heavy atom. The topological polar surface area (TPSA) is 32.3 Å². The van der Waals surface area contributed by atoms with Crippen molar-refractivity contribution in [3.05, 3.63) is 0 Å². The van der Waals surface area contributed by atoms with Crippen LogP contribution in [0.1, 0.15) is 33.1 Å². The van der Waals surface area contributed by atoms with Crippen LogP contribution in [0.2, 0.25) is 0 Å². The van der Waals surface area contributed by atoms with Crippen molar-refractivity contribution < 1.29 is 4.79 Å². The van der Waals surface area contributed by atoms with Gasteiger partial charge in [-0.1, -0.05) is 13.8 Å². The van der Waals surface area contributed by atoms with Crippen LogP contribution in [0.3, 0.4) is 0 Å². The highest BCUT2D eigenvalue weighted by Gasteiger charge is 2.32. The van der Waals surface area contributed by atoms with Crippen molar-refractivity contribution in [1.29, 1.82) is 0 Å². The minimum atomic E-state index is 0. The molecule has 2 atom stereocenters. The number of carbonyl (C=O) groups excluding carboxylic acids is 1. The van der Waals surface area contributed by atoms with Gasteiger partial charge in [0.2, 0.25) is 5.91 Å². The molecular formula is C12H23ClN2O. The van der Waals surface area contributed by atoms with Crippen molar-refractivity contribution in [2.45, 2.75) is 39.2 Å². The molecule has 94 valence electrons. The second kappa shape index (κ2) is 5.87. The minimum absolute atomic E-state index is 0.